The van der Waals surface area contributed by atoms with Crippen LogP contribution in [0.15, 0.2) is 212 Å². The summed E-state index contributed by atoms with van der Waals surface area (Å²) in [6.45, 7) is 0. The van der Waals surface area contributed by atoms with E-state index in [-0.39, 0.29) is 0 Å². The third-order valence-electron chi connectivity index (χ3n) is 10.7. The van der Waals surface area contributed by atoms with Crippen LogP contribution in [0.25, 0.3) is 56.4 Å². The summed E-state index contributed by atoms with van der Waals surface area (Å²) in [6, 6.07) is 74.0. The minimum Gasteiger partial charge on any atom is -0.457 e. The van der Waals surface area contributed by atoms with Crippen LogP contribution in [-0.4, -0.2) is 15.0 Å². The molecule has 0 saturated carbocycles. The zero-order valence-electron chi connectivity index (χ0n) is 30.5. The number of para-hydroxylation sites is 2. The van der Waals surface area contributed by atoms with Crippen LogP contribution in [0.5, 0.6) is 11.5 Å². The lowest BCUT2D eigenvalue weighted by atomic mass is 9.63. The normalized spacial score (nSPS) is 12.6. The van der Waals surface area contributed by atoms with Gasteiger partial charge in [0.2, 0.25) is 0 Å². The Morgan fingerprint density at radius 2 is 0.679 bits per heavy atom. The first-order valence-corrected chi connectivity index (χ1v) is 18.9. The molecule has 0 saturated heterocycles. The second kappa shape index (κ2) is 14.1. The van der Waals surface area contributed by atoms with Crippen LogP contribution in [0, 0.1) is 0 Å². The average Bonchev–Trinajstić information content (AvgIpc) is 3.29. The van der Waals surface area contributed by atoms with Crippen molar-refractivity contribution in [2.45, 2.75) is 5.41 Å². The largest absolute Gasteiger partial charge is 0.457 e. The quantitative estimate of drug-likeness (QED) is 0.165. The fourth-order valence-corrected chi connectivity index (χ4v) is 8.03. The van der Waals surface area contributed by atoms with Crippen molar-refractivity contribution in [1.29, 1.82) is 0 Å². The van der Waals surface area contributed by atoms with E-state index in [1.807, 2.05) is 48.5 Å². The summed E-state index contributed by atoms with van der Waals surface area (Å²) in [5.41, 5.74) is 11.2. The van der Waals surface area contributed by atoms with E-state index in [0.717, 1.165) is 61.6 Å². The standard InChI is InChI=1S/C52H35N3O/c1-4-16-36(17-5-1)37-30-32-39(33-31-37)50-53-49(38-18-6-2-7-19-38)54-51(55-50)42-22-14-20-40(34-42)41-21-15-25-44(35-41)52(43-23-8-3-9-24-43)45-26-10-12-28-47(45)56-48-29-13-11-27-46(48)52/h1-35H. The van der Waals surface area contributed by atoms with Crippen LogP contribution in [0.2, 0.25) is 0 Å². The summed E-state index contributed by atoms with van der Waals surface area (Å²) >= 11 is 0. The third kappa shape index (κ3) is 5.85. The van der Waals surface area contributed by atoms with E-state index < -0.39 is 5.41 Å². The van der Waals surface area contributed by atoms with E-state index in [1.54, 1.807) is 0 Å². The van der Waals surface area contributed by atoms with Gasteiger partial charge in [0.05, 0.1) is 5.41 Å². The molecular formula is C52H35N3O. The van der Waals surface area contributed by atoms with Gasteiger partial charge in [0.25, 0.3) is 0 Å². The molecule has 1 aliphatic rings. The summed E-state index contributed by atoms with van der Waals surface area (Å²) in [5.74, 6) is 3.59. The Morgan fingerprint density at radius 1 is 0.286 bits per heavy atom. The zero-order chi connectivity index (χ0) is 37.3. The molecule has 264 valence electrons. The lowest BCUT2D eigenvalue weighted by Gasteiger charge is -2.41. The fourth-order valence-electron chi connectivity index (χ4n) is 8.03. The molecule has 56 heavy (non-hydrogen) atoms. The van der Waals surface area contributed by atoms with Gasteiger partial charge in [-0.3, -0.25) is 0 Å². The summed E-state index contributed by atoms with van der Waals surface area (Å²) in [6.07, 6.45) is 0. The summed E-state index contributed by atoms with van der Waals surface area (Å²) in [7, 11) is 0. The first-order valence-electron chi connectivity index (χ1n) is 18.9. The van der Waals surface area contributed by atoms with E-state index in [9.17, 15) is 0 Å². The highest BCUT2D eigenvalue weighted by atomic mass is 16.5. The van der Waals surface area contributed by atoms with Crippen LogP contribution < -0.4 is 4.74 Å². The summed E-state index contributed by atoms with van der Waals surface area (Å²) in [4.78, 5) is 15.1. The Kier molecular flexibility index (Phi) is 8.34. The van der Waals surface area contributed by atoms with Crippen molar-refractivity contribution in [3.63, 3.8) is 0 Å². The molecule has 8 aromatic carbocycles. The monoisotopic (exact) mass is 717 g/mol. The van der Waals surface area contributed by atoms with Gasteiger partial charge in [0, 0.05) is 27.8 Å². The molecule has 2 heterocycles. The second-order valence-electron chi connectivity index (χ2n) is 14.0. The number of fused-ring (bicyclic) bond motifs is 2. The molecule has 4 heteroatoms. The highest BCUT2D eigenvalue weighted by Crippen LogP contribution is 2.55. The van der Waals surface area contributed by atoms with Crippen molar-refractivity contribution in [3.05, 3.63) is 235 Å². The Bertz CT molecular complexity index is 2770. The highest BCUT2D eigenvalue weighted by molar-refractivity contribution is 5.76. The van der Waals surface area contributed by atoms with Gasteiger partial charge in [-0.1, -0.05) is 188 Å². The molecule has 0 aliphatic carbocycles. The minimum atomic E-state index is -0.607. The van der Waals surface area contributed by atoms with Gasteiger partial charge in [-0.25, -0.2) is 15.0 Å². The second-order valence-corrected chi connectivity index (χ2v) is 14.0. The first kappa shape index (κ1) is 33.2. The van der Waals surface area contributed by atoms with Gasteiger partial charge < -0.3 is 4.74 Å². The van der Waals surface area contributed by atoms with E-state index >= 15 is 0 Å². The summed E-state index contributed by atoms with van der Waals surface area (Å²) < 4.78 is 6.55. The summed E-state index contributed by atoms with van der Waals surface area (Å²) in [5, 5.41) is 0. The Labute approximate surface area is 326 Å². The van der Waals surface area contributed by atoms with Crippen molar-refractivity contribution in [2.24, 2.45) is 0 Å². The average molecular weight is 718 g/mol. The predicted molar refractivity (Wildman–Crippen MR) is 225 cm³/mol. The molecule has 0 spiro atoms. The van der Waals surface area contributed by atoms with Gasteiger partial charge >= 0.3 is 0 Å². The van der Waals surface area contributed by atoms with Crippen molar-refractivity contribution in [1.82, 2.24) is 15.0 Å². The Balaban J connectivity index is 1.10. The van der Waals surface area contributed by atoms with Gasteiger partial charge in [0.15, 0.2) is 17.5 Å². The number of hydrogen-bond acceptors (Lipinski definition) is 4. The van der Waals surface area contributed by atoms with Crippen LogP contribution in [0.1, 0.15) is 22.3 Å². The molecule has 0 amide bonds. The first-order chi connectivity index (χ1) is 27.7. The topological polar surface area (TPSA) is 47.9 Å². The predicted octanol–water partition coefficient (Wildman–Crippen LogP) is 12.7. The number of hydrogen-bond donors (Lipinski definition) is 0. The fraction of sp³-hybridized carbons (Fsp3) is 0.0192. The van der Waals surface area contributed by atoms with Crippen LogP contribution in [0.3, 0.4) is 0 Å². The smallest absolute Gasteiger partial charge is 0.164 e. The molecule has 0 fully saturated rings. The molecule has 0 N–H and O–H groups in total. The van der Waals surface area contributed by atoms with E-state index in [1.165, 1.54) is 11.1 Å². The Hall–Kier alpha value is -7.43. The zero-order valence-corrected chi connectivity index (χ0v) is 30.5. The number of benzene rings is 8. The number of rotatable bonds is 7. The molecule has 4 nitrogen and oxygen atoms in total. The molecule has 0 atom stereocenters. The molecule has 0 unspecified atom stereocenters. The van der Waals surface area contributed by atoms with Crippen LogP contribution in [-0.2, 0) is 5.41 Å². The van der Waals surface area contributed by atoms with Gasteiger partial charge in [-0.15, -0.1) is 0 Å². The van der Waals surface area contributed by atoms with Crippen molar-refractivity contribution >= 4 is 0 Å². The molecule has 0 bridgehead atoms. The van der Waals surface area contributed by atoms with Gasteiger partial charge in [-0.2, -0.15) is 0 Å². The Morgan fingerprint density at radius 3 is 1.30 bits per heavy atom. The SMILES string of the molecule is c1ccc(-c2ccc(-c3nc(-c4ccccc4)nc(-c4cccc(-c5cccc(C6(c7ccccc7)c7ccccc7Oc7ccccc76)c5)c4)n3)cc2)cc1. The van der Waals surface area contributed by atoms with E-state index in [0.29, 0.717) is 17.5 Å². The number of aromatic nitrogens is 3. The van der Waals surface area contributed by atoms with Crippen molar-refractivity contribution < 1.29 is 4.74 Å². The van der Waals surface area contributed by atoms with Crippen molar-refractivity contribution in [3.8, 4) is 67.9 Å². The lowest BCUT2D eigenvalue weighted by Crippen LogP contribution is -2.34. The van der Waals surface area contributed by atoms with Gasteiger partial charge in [-0.05, 0) is 57.6 Å². The van der Waals surface area contributed by atoms with Crippen molar-refractivity contribution in [2.75, 3.05) is 0 Å². The molecular weight excluding hydrogens is 683 g/mol. The molecule has 9 aromatic rings. The number of ether oxygens (including phenoxy) is 1. The third-order valence-corrected chi connectivity index (χ3v) is 10.7. The number of nitrogens with zero attached hydrogens (tertiary/aromatic N) is 3. The molecule has 10 rings (SSSR count). The maximum Gasteiger partial charge on any atom is 0.164 e. The maximum absolute atomic E-state index is 6.55. The maximum atomic E-state index is 6.55. The lowest BCUT2D eigenvalue weighted by molar-refractivity contribution is 0.434. The molecule has 1 aromatic heterocycles. The van der Waals surface area contributed by atoms with Crippen LogP contribution in [0.4, 0.5) is 0 Å². The van der Waals surface area contributed by atoms with Crippen LogP contribution >= 0.6 is 0 Å². The molecule has 1 aliphatic heterocycles. The highest BCUT2D eigenvalue weighted by Gasteiger charge is 2.45. The van der Waals surface area contributed by atoms with Gasteiger partial charge in [0.1, 0.15) is 11.5 Å². The molecule has 0 radical (unpaired) electrons. The minimum absolute atomic E-state index is 0.607. The van der Waals surface area contributed by atoms with E-state index in [2.05, 4.69) is 164 Å². The van der Waals surface area contributed by atoms with E-state index in [4.69, 9.17) is 19.7 Å².